The summed E-state index contributed by atoms with van der Waals surface area (Å²) in [4.78, 5) is 30.4. The number of aliphatic hydroxyl groups excluding tert-OH is 1. The average molecular weight is 747 g/mol. The van der Waals surface area contributed by atoms with Gasteiger partial charge < -0.3 is 34.6 Å². The van der Waals surface area contributed by atoms with E-state index in [0.717, 1.165) is 23.1 Å². The number of amides is 2. The fourth-order valence-electron chi connectivity index (χ4n) is 8.52. The van der Waals surface area contributed by atoms with Crippen molar-refractivity contribution in [3.63, 3.8) is 0 Å². The van der Waals surface area contributed by atoms with E-state index in [-0.39, 0.29) is 30.8 Å². The summed E-state index contributed by atoms with van der Waals surface area (Å²) in [6.45, 7) is 4.41. The second-order valence-corrected chi connectivity index (χ2v) is 15.3. The van der Waals surface area contributed by atoms with Crippen LogP contribution < -0.4 is 19.5 Å². The molecule has 4 aromatic rings. The Hall–Kier alpha value is -5.12. The van der Waals surface area contributed by atoms with Crippen molar-refractivity contribution in [3.8, 4) is 17.2 Å². The third kappa shape index (κ3) is 8.74. The van der Waals surface area contributed by atoms with Gasteiger partial charge in [-0.25, -0.2) is 4.79 Å². The van der Waals surface area contributed by atoms with E-state index in [1.165, 1.54) is 5.57 Å². The van der Waals surface area contributed by atoms with Gasteiger partial charge in [0.05, 0.1) is 46.1 Å². The lowest BCUT2D eigenvalue weighted by atomic mass is 9.64. The predicted molar refractivity (Wildman–Crippen MR) is 215 cm³/mol. The highest BCUT2D eigenvalue weighted by Gasteiger charge is 2.57. The molecule has 9 heteroatoms. The van der Waals surface area contributed by atoms with Crippen LogP contribution >= 0.6 is 0 Å². The number of anilines is 1. The molecule has 3 aliphatic carbocycles. The Morgan fingerprint density at radius 2 is 1.60 bits per heavy atom. The van der Waals surface area contributed by atoms with E-state index < -0.39 is 17.1 Å². The number of ketones is 1. The summed E-state index contributed by atoms with van der Waals surface area (Å²) in [5.41, 5.74) is 3.43. The Labute approximate surface area is 324 Å². The zero-order valence-electron chi connectivity index (χ0n) is 32.6. The maximum atomic E-state index is 14.4. The van der Waals surface area contributed by atoms with Crippen molar-refractivity contribution in [2.75, 3.05) is 33.2 Å². The molecule has 55 heavy (non-hydrogen) atoms. The number of aliphatic hydroxyl groups is 2. The Kier molecular flexibility index (Phi) is 12.3. The lowest BCUT2D eigenvalue weighted by Crippen LogP contribution is -2.54. The SMILES string of the molecule is COc1ccc(NC(=O)N(Cc2ccc(OC)cc2OC)C[C@]2(O)CC[C@H]3c4ccc(cc4C(=O)c4ccccc4)C[C@@H](O)CCC(C)=CCC[C@@]32C)cc1. The van der Waals surface area contributed by atoms with Crippen molar-refractivity contribution in [2.24, 2.45) is 5.41 Å². The number of nitrogens with zero attached hydrogens (tertiary/aromatic N) is 1. The van der Waals surface area contributed by atoms with Crippen molar-refractivity contribution in [2.45, 2.75) is 83.0 Å². The zero-order valence-corrected chi connectivity index (χ0v) is 32.6. The van der Waals surface area contributed by atoms with E-state index in [1.807, 2.05) is 60.7 Å². The minimum Gasteiger partial charge on any atom is -0.497 e. The van der Waals surface area contributed by atoms with Gasteiger partial charge in [0.15, 0.2) is 5.78 Å². The number of carbonyl (C=O) groups is 2. The Morgan fingerprint density at radius 1 is 0.873 bits per heavy atom. The molecule has 9 nitrogen and oxygen atoms in total. The standard InChI is InChI=1S/C46H54N2O7/c1-31-10-9-24-45(2)41(39-22-14-32(26-36(49)18-13-31)27-40(39)43(50)33-11-7-6-8-12-33)23-25-46(45,52)30-48(29-34-15-19-38(54-4)28-42(34)55-5)44(51)47-35-16-20-37(53-3)21-17-35/h6-8,10-12,14-17,19-22,27-28,36,41,49,52H,9,13,18,23-26,29-30H2,1-5H3,(H,47,51)/t36-,41-,45-,46+/m0/s1. The molecule has 290 valence electrons. The van der Waals surface area contributed by atoms with Gasteiger partial charge in [-0.1, -0.05) is 61.0 Å². The molecule has 0 radical (unpaired) electrons. The molecule has 0 heterocycles. The van der Waals surface area contributed by atoms with Crippen LogP contribution in [-0.4, -0.2) is 66.5 Å². The second-order valence-electron chi connectivity index (χ2n) is 15.3. The van der Waals surface area contributed by atoms with Gasteiger partial charge in [0.25, 0.3) is 0 Å². The summed E-state index contributed by atoms with van der Waals surface area (Å²) in [7, 11) is 4.77. The Bertz CT molecular complexity index is 2000. The molecule has 3 N–H and O–H groups in total. The van der Waals surface area contributed by atoms with Crippen molar-refractivity contribution < 1.29 is 34.0 Å². The number of urea groups is 1. The van der Waals surface area contributed by atoms with Crippen LogP contribution in [-0.2, 0) is 13.0 Å². The molecule has 0 saturated heterocycles. The van der Waals surface area contributed by atoms with Gasteiger partial charge in [-0.05, 0) is 111 Å². The summed E-state index contributed by atoms with van der Waals surface area (Å²) < 4.78 is 16.5. The predicted octanol–water partition coefficient (Wildman–Crippen LogP) is 8.72. The lowest BCUT2D eigenvalue weighted by Gasteiger charge is -2.46. The molecular weight excluding hydrogens is 693 g/mol. The molecule has 2 amide bonds. The van der Waals surface area contributed by atoms with Crippen molar-refractivity contribution in [1.29, 1.82) is 0 Å². The molecule has 3 aliphatic rings. The number of allylic oxidation sites excluding steroid dienone is 2. The van der Waals surface area contributed by atoms with E-state index in [9.17, 15) is 19.8 Å². The molecular formula is C46H54N2O7. The van der Waals surface area contributed by atoms with Gasteiger partial charge in [-0.3, -0.25) is 4.79 Å². The Morgan fingerprint density at radius 3 is 2.31 bits per heavy atom. The average Bonchev–Trinajstić information content (AvgIpc) is 3.45. The molecule has 0 aromatic heterocycles. The van der Waals surface area contributed by atoms with Crippen LogP contribution in [0.2, 0.25) is 0 Å². The quantitative estimate of drug-likeness (QED) is 0.110. The smallest absolute Gasteiger partial charge is 0.322 e. The minimum atomic E-state index is -1.34. The van der Waals surface area contributed by atoms with Crippen LogP contribution in [0.5, 0.6) is 17.2 Å². The minimum absolute atomic E-state index is 0.0338. The van der Waals surface area contributed by atoms with Gasteiger partial charge in [-0.2, -0.15) is 0 Å². The Balaban J connectivity index is 1.42. The van der Waals surface area contributed by atoms with Crippen LogP contribution in [0.15, 0.2) is 103 Å². The second kappa shape index (κ2) is 17.1. The highest BCUT2D eigenvalue weighted by atomic mass is 16.5. The number of benzene rings is 4. The summed E-state index contributed by atoms with van der Waals surface area (Å²) in [5, 5.41) is 27.2. The van der Waals surface area contributed by atoms with Crippen LogP contribution in [0.1, 0.15) is 90.9 Å². The zero-order chi connectivity index (χ0) is 39.2. The number of rotatable bonds is 10. The molecule has 1 saturated carbocycles. The van der Waals surface area contributed by atoms with Gasteiger partial charge in [0.1, 0.15) is 17.2 Å². The molecule has 1 fully saturated rings. The number of fused-ring (bicyclic) bond motifs is 8. The normalized spacial score (nSPS) is 22.5. The van der Waals surface area contributed by atoms with Crippen LogP contribution in [0.25, 0.3) is 0 Å². The third-order valence-corrected chi connectivity index (χ3v) is 11.9. The van der Waals surface area contributed by atoms with Crippen LogP contribution in [0.3, 0.4) is 0 Å². The number of ether oxygens (including phenoxy) is 3. The number of carbonyl (C=O) groups excluding carboxylic acids is 2. The van der Waals surface area contributed by atoms with Crippen LogP contribution in [0, 0.1) is 5.41 Å². The maximum absolute atomic E-state index is 14.4. The molecule has 0 spiro atoms. The summed E-state index contributed by atoms with van der Waals surface area (Å²) in [6.07, 6.45) is 5.85. The third-order valence-electron chi connectivity index (χ3n) is 11.9. The number of methoxy groups -OCH3 is 3. The molecule has 7 rings (SSSR count). The summed E-state index contributed by atoms with van der Waals surface area (Å²) in [6, 6.07) is 27.6. The van der Waals surface area contributed by atoms with Crippen molar-refractivity contribution >= 4 is 17.5 Å². The topological polar surface area (TPSA) is 118 Å². The van der Waals surface area contributed by atoms with Gasteiger partial charge >= 0.3 is 6.03 Å². The fourth-order valence-corrected chi connectivity index (χ4v) is 8.52. The van der Waals surface area contributed by atoms with E-state index >= 15 is 0 Å². The van der Waals surface area contributed by atoms with E-state index in [4.69, 9.17) is 14.2 Å². The van der Waals surface area contributed by atoms with Gasteiger partial charge in [0, 0.05) is 33.9 Å². The number of hydrogen-bond donors (Lipinski definition) is 3. The number of hydrogen-bond acceptors (Lipinski definition) is 7. The van der Waals surface area contributed by atoms with Gasteiger partial charge in [-0.15, -0.1) is 0 Å². The highest BCUT2D eigenvalue weighted by Crippen LogP contribution is 2.59. The van der Waals surface area contributed by atoms with Crippen molar-refractivity contribution in [1.82, 2.24) is 4.90 Å². The largest absolute Gasteiger partial charge is 0.497 e. The summed E-state index contributed by atoms with van der Waals surface area (Å²) >= 11 is 0. The molecule has 4 aromatic carbocycles. The lowest BCUT2D eigenvalue weighted by molar-refractivity contribution is -0.0773. The first kappa shape index (κ1) is 39.6. The first-order valence-electron chi connectivity index (χ1n) is 19.2. The fraction of sp³-hybridized carbons (Fsp3) is 0.391. The van der Waals surface area contributed by atoms with E-state index in [0.29, 0.717) is 72.6 Å². The van der Waals surface area contributed by atoms with Gasteiger partial charge in [0.2, 0.25) is 0 Å². The molecule has 0 aliphatic heterocycles. The molecule has 2 bridgehead atoms. The first-order chi connectivity index (χ1) is 26.5. The molecule has 0 unspecified atom stereocenters. The maximum Gasteiger partial charge on any atom is 0.322 e. The monoisotopic (exact) mass is 746 g/mol. The summed E-state index contributed by atoms with van der Waals surface area (Å²) in [5.74, 6) is 1.59. The molecule has 4 atom stereocenters. The highest BCUT2D eigenvalue weighted by molar-refractivity contribution is 6.10. The van der Waals surface area contributed by atoms with E-state index in [2.05, 4.69) is 25.2 Å². The first-order valence-corrected chi connectivity index (χ1v) is 19.2. The van der Waals surface area contributed by atoms with Crippen LogP contribution in [0.4, 0.5) is 10.5 Å². The van der Waals surface area contributed by atoms with Crippen molar-refractivity contribution in [3.05, 3.63) is 130 Å². The van der Waals surface area contributed by atoms with E-state index in [1.54, 1.807) is 56.6 Å². The number of nitrogens with one attached hydrogen (secondary N) is 1.